The van der Waals surface area contributed by atoms with Gasteiger partial charge in [-0.15, -0.1) is 0 Å². The minimum atomic E-state index is -0.351. The molecule has 1 amide bonds. The summed E-state index contributed by atoms with van der Waals surface area (Å²) >= 11 is 3.36. The molecule has 1 N–H and O–H groups in total. The zero-order chi connectivity index (χ0) is 15.3. The Bertz CT molecular complexity index is 793. The van der Waals surface area contributed by atoms with Crippen molar-refractivity contribution in [2.45, 2.75) is 12.3 Å². The smallest absolute Gasteiger partial charge is 0.231 e. The largest absolute Gasteiger partial charge is 0.454 e. The molecule has 2 aromatic rings. The van der Waals surface area contributed by atoms with Gasteiger partial charge in [0.25, 0.3) is 0 Å². The number of nitrogens with one attached hydrogen (secondary N) is 1. The van der Waals surface area contributed by atoms with Gasteiger partial charge < -0.3 is 14.8 Å². The van der Waals surface area contributed by atoms with E-state index in [9.17, 15) is 9.18 Å². The number of carbonyl (C=O) groups is 1. The van der Waals surface area contributed by atoms with Gasteiger partial charge >= 0.3 is 0 Å². The summed E-state index contributed by atoms with van der Waals surface area (Å²) in [6, 6.07) is 8.31. The average molecular weight is 364 g/mol. The molecule has 0 fully saturated rings. The van der Waals surface area contributed by atoms with Crippen molar-refractivity contribution >= 4 is 27.5 Å². The van der Waals surface area contributed by atoms with E-state index in [1.54, 1.807) is 18.2 Å². The number of amides is 1. The lowest BCUT2D eigenvalue weighted by molar-refractivity contribution is -0.116. The van der Waals surface area contributed by atoms with Gasteiger partial charge in [0.05, 0.1) is 0 Å². The fourth-order valence-corrected chi connectivity index (χ4v) is 3.29. The molecular formula is C16H11BrFNO3. The van der Waals surface area contributed by atoms with Gasteiger partial charge in [0.1, 0.15) is 5.82 Å². The fraction of sp³-hybridized carbons (Fsp3) is 0.188. The van der Waals surface area contributed by atoms with Crippen LogP contribution in [0.4, 0.5) is 10.1 Å². The van der Waals surface area contributed by atoms with Crippen LogP contribution < -0.4 is 14.8 Å². The van der Waals surface area contributed by atoms with Crippen LogP contribution in [0.3, 0.4) is 0 Å². The number of halogens is 2. The number of carbonyl (C=O) groups excluding carboxylic acids is 1. The highest BCUT2D eigenvalue weighted by atomic mass is 79.9. The Balaban J connectivity index is 1.88. The maximum atomic E-state index is 14.2. The minimum absolute atomic E-state index is 0.143. The number of hydrogen-bond acceptors (Lipinski definition) is 3. The average Bonchev–Trinajstić information content (AvgIpc) is 2.94. The molecule has 22 heavy (non-hydrogen) atoms. The standard InChI is InChI=1S/C16H11BrFNO3/c17-8-1-2-12(18)10(3-8)9-5-16(20)19-13-6-15-14(4-11(9)13)21-7-22-15/h1-4,6,9H,5,7H2,(H,19,20). The number of ether oxygens (including phenoxy) is 2. The van der Waals surface area contributed by atoms with E-state index >= 15 is 0 Å². The van der Waals surface area contributed by atoms with Gasteiger partial charge in [0, 0.05) is 28.6 Å². The molecule has 2 aliphatic heterocycles. The minimum Gasteiger partial charge on any atom is -0.454 e. The van der Waals surface area contributed by atoms with Crippen molar-refractivity contribution in [3.05, 3.63) is 51.7 Å². The number of anilines is 1. The monoisotopic (exact) mass is 363 g/mol. The van der Waals surface area contributed by atoms with Gasteiger partial charge in [0.2, 0.25) is 12.7 Å². The molecule has 1 atom stereocenters. The number of rotatable bonds is 1. The molecule has 112 valence electrons. The van der Waals surface area contributed by atoms with Crippen LogP contribution in [0.2, 0.25) is 0 Å². The highest BCUT2D eigenvalue weighted by Gasteiger charge is 2.31. The van der Waals surface area contributed by atoms with Crippen molar-refractivity contribution in [3.63, 3.8) is 0 Å². The molecule has 1 unspecified atom stereocenters. The van der Waals surface area contributed by atoms with Crippen molar-refractivity contribution < 1.29 is 18.7 Å². The molecule has 2 heterocycles. The molecular weight excluding hydrogens is 353 g/mol. The summed E-state index contributed by atoms with van der Waals surface area (Å²) in [5, 5.41) is 2.81. The summed E-state index contributed by atoms with van der Waals surface area (Å²) < 4.78 is 25.7. The number of hydrogen-bond donors (Lipinski definition) is 1. The van der Waals surface area contributed by atoms with E-state index in [-0.39, 0.29) is 30.9 Å². The first-order valence-electron chi connectivity index (χ1n) is 6.80. The highest BCUT2D eigenvalue weighted by molar-refractivity contribution is 9.10. The van der Waals surface area contributed by atoms with E-state index < -0.39 is 0 Å². The highest BCUT2D eigenvalue weighted by Crippen LogP contribution is 2.45. The molecule has 2 aromatic carbocycles. The first kappa shape index (κ1) is 13.6. The Hall–Kier alpha value is -2.08. The second-order valence-electron chi connectivity index (χ2n) is 5.26. The van der Waals surface area contributed by atoms with Gasteiger partial charge in [-0.3, -0.25) is 4.79 Å². The number of benzene rings is 2. The second kappa shape index (κ2) is 4.98. The molecule has 0 radical (unpaired) electrons. The maximum Gasteiger partial charge on any atom is 0.231 e. The third kappa shape index (κ3) is 2.14. The first-order valence-corrected chi connectivity index (χ1v) is 7.59. The molecule has 0 saturated heterocycles. The summed E-state index contributed by atoms with van der Waals surface area (Å²) in [6.07, 6.45) is 0.194. The van der Waals surface area contributed by atoms with Crippen molar-refractivity contribution in [1.29, 1.82) is 0 Å². The molecule has 0 bridgehead atoms. The van der Waals surface area contributed by atoms with Gasteiger partial charge in [-0.05, 0) is 35.4 Å². The molecule has 0 aromatic heterocycles. The quantitative estimate of drug-likeness (QED) is 0.838. The first-order chi connectivity index (χ1) is 10.6. The summed E-state index contributed by atoms with van der Waals surface area (Å²) in [4.78, 5) is 12.0. The topological polar surface area (TPSA) is 47.6 Å². The van der Waals surface area contributed by atoms with Gasteiger partial charge in [-0.1, -0.05) is 15.9 Å². The molecule has 0 spiro atoms. The fourth-order valence-electron chi connectivity index (χ4n) is 2.91. The van der Waals surface area contributed by atoms with Crippen LogP contribution in [0.25, 0.3) is 0 Å². The number of fused-ring (bicyclic) bond motifs is 2. The lowest BCUT2D eigenvalue weighted by Crippen LogP contribution is -2.24. The molecule has 0 aliphatic carbocycles. The van der Waals surface area contributed by atoms with E-state index in [0.717, 1.165) is 10.0 Å². The van der Waals surface area contributed by atoms with E-state index in [1.165, 1.54) is 6.07 Å². The zero-order valence-electron chi connectivity index (χ0n) is 11.4. The molecule has 2 aliphatic rings. The summed E-state index contributed by atoms with van der Waals surface area (Å²) in [5.41, 5.74) is 1.97. The van der Waals surface area contributed by atoms with Crippen molar-refractivity contribution in [2.75, 3.05) is 12.1 Å². The van der Waals surface area contributed by atoms with Crippen molar-refractivity contribution in [1.82, 2.24) is 0 Å². The second-order valence-corrected chi connectivity index (χ2v) is 6.18. The van der Waals surface area contributed by atoms with Gasteiger partial charge in [-0.2, -0.15) is 0 Å². The molecule has 0 saturated carbocycles. The predicted molar refractivity (Wildman–Crippen MR) is 81.8 cm³/mol. The molecule has 6 heteroatoms. The van der Waals surface area contributed by atoms with Crippen molar-refractivity contribution in [2.24, 2.45) is 0 Å². The maximum absolute atomic E-state index is 14.2. The molecule has 4 rings (SSSR count). The van der Waals surface area contributed by atoms with Gasteiger partial charge in [-0.25, -0.2) is 4.39 Å². The van der Waals surface area contributed by atoms with Crippen LogP contribution in [0.1, 0.15) is 23.5 Å². The van der Waals surface area contributed by atoms with Crippen LogP contribution in [0.15, 0.2) is 34.8 Å². The van der Waals surface area contributed by atoms with E-state index in [0.29, 0.717) is 22.7 Å². The lowest BCUT2D eigenvalue weighted by Gasteiger charge is -2.26. The predicted octanol–water partition coefficient (Wildman–Crippen LogP) is 3.79. The van der Waals surface area contributed by atoms with Crippen LogP contribution >= 0.6 is 15.9 Å². The Morgan fingerprint density at radius 3 is 2.73 bits per heavy atom. The third-order valence-corrected chi connectivity index (χ3v) is 4.41. The van der Waals surface area contributed by atoms with Crippen LogP contribution in [0, 0.1) is 5.82 Å². The Morgan fingerprint density at radius 2 is 1.91 bits per heavy atom. The van der Waals surface area contributed by atoms with E-state index in [4.69, 9.17) is 9.47 Å². The Morgan fingerprint density at radius 1 is 1.14 bits per heavy atom. The summed E-state index contributed by atoms with van der Waals surface area (Å²) in [6.45, 7) is 0.155. The normalized spacial score (nSPS) is 18.8. The SMILES string of the molecule is O=C1CC(c2cc(Br)ccc2F)c2cc3c(cc2N1)OCO3. The Labute approximate surface area is 134 Å². The summed E-state index contributed by atoms with van der Waals surface area (Å²) in [7, 11) is 0. The van der Waals surface area contributed by atoms with E-state index in [2.05, 4.69) is 21.2 Å². The Kier molecular flexibility index (Phi) is 3.07. The zero-order valence-corrected chi connectivity index (χ0v) is 12.9. The van der Waals surface area contributed by atoms with Crippen LogP contribution in [0.5, 0.6) is 11.5 Å². The van der Waals surface area contributed by atoms with Crippen molar-refractivity contribution in [3.8, 4) is 11.5 Å². The molecule has 4 nitrogen and oxygen atoms in total. The van der Waals surface area contributed by atoms with E-state index in [1.807, 2.05) is 6.07 Å². The third-order valence-electron chi connectivity index (χ3n) is 3.92. The summed E-state index contributed by atoms with van der Waals surface area (Å²) in [5.74, 6) is 0.391. The van der Waals surface area contributed by atoms with Crippen LogP contribution in [-0.2, 0) is 4.79 Å². The van der Waals surface area contributed by atoms with Crippen LogP contribution in [-0.4, -0.2) is 12.7 Å². The lowest BCUT2D eigenvalue weighted by atomic mass is 9.84. The van der Waals surface area contributed by atoms with Gasteiger partial charge in [0.15, 0.2) is 11.5 Å².